The molecule has 0 saturated carbocycles. The summed E-state index contributed by atoms with van der Waals surface area (Å²) in [4.78, 5) is 10.4. The Morgan fingerprint density at radius 2 is 1.20 bits per heavy atom. The number of carboxylic acid groups (broad SMARTS) is 1. The van der Waals surface area contributed by atoms with Gasteiger partial charge < -0.3 is 10.2 Å². The van der Waals surface area contributed by atoms with Gasteiger partial charge in [-0.25, -0.2) is 0 Å². The number of allylic oxidation sites excluding steroid dienone is 2. The number of aliphatic hydroxyl groups is 1. The Kier molecular flexibility index (Phi) is 18.8. The quantitative estimate of drug-likeness (QED) is 0.202. The van der Waals surface area contributed by atoms with Crippen LogP contribution in [0.4, 0.5) is 0 Å². The highest BCUT2D eigenvalue weighted by Crippen LogP contribution is 2.12. The maximum absolute atomic E-state index is 10.4. The van der Waals surface area contributed by atoms with Crippen molar-refractivity contribution in [1.29, 1.82) is 0 Å². The van der Waals surface area contributed by atoms with Crippen LogP contribution in [0, 0.1) is 0 Å². The first kappa shape index (κ1) is 24.2. The number of unbranched alkanes of at least 4 members (excludes halogenated alkanes) is 13. The standard InChI is InChI=1S/C22H42O3/c1-2-3-4-5-6-7-8-9-10-11-12-13-14-15-16-17-18-19-21(23)20-22(24)25/h9-10,21,23H,2-8,11-20H2,1H3,(H,24,25)/b10-9-. The molecule has 3 nitrogen and oxygen atoms in total. The van der Waals surface area contributed by atoms with E-state index in [9.17, 15) is 9.90 Å². The van der Waals surface area contributed by atoms with Gasteiger partial charge in [0.1, 0.15) is 0 Å². The number of aliphatic carboxylic acids is 1. The summed E-state index contributed by atoms with van der Waals surface area (Å²) in [7, 11) is 0. The first-order valence-corrected chi connectivity index (χ1v) is 10.7. The monoisotopic (exact) mass is 354 g/mol. The van der Waals surface area contributed by atoms with Crippen molar-refractivity contribution in [2.24, 2.45) is 0 Å². The van der Waals surface area contributed by atoms with Gasteiger partial charge in [0.15, 0.2) is 0 Å². The lowest BCUT2D eigenvalue weighted by Crippen LogP contribution is -2.12. The smallest absolute Gasteiger partial charge is 0.305 e. The minimum atomic E-state index is -0.909. The van der Waals surface area contributed by atoms with Crippen molar-refractivity contribution >= 4 is 5.97 Å². The van der Waals surface area contributed by atoms with Crippen molar-refractivity contribution in [3.05, 3.63) is 12.2 Å². The fraction of sp³-hybridized carbons (Fsp3) is 0.864. The second kappa shape index (κ2) is 19.5. The van der Waals surface area contributed by atoms with Crippen molar-refractivity contribution < 1.29 is 15.0 Å². The second-order valence-electron chi connectivity index (χ2n) is 7.33. The van der Waals surface area contributed by atoms with Gasteiger partial charge in [-0.2, -0.15) is 0 Å². The molecule has 0 aliphatic rings. The van der Waals surface area contributed by atoms with E-state index in [0.717, 1.165) is 12.8 Å². The summed E-state index contributed by atoms with van der Waals surface area (Å²) in [6.45, 7) is 2.26. The molecule has 148 valence electrons. The highest BCUT2D eigenvalue weighted by molar-refractivity contribution is 5.67. The Balaban J connectivity index is 3.15. The minimum Gasteiger partial charge on any atom is -0.481 e. The molecule has 0 aromatic heterocycles. The Morgan fingerprint density at radius 3 is 1.68 bits per heavy atom. The maximum atomic E-state index is 10.4. The van der Waals surface area contributed by atoms with Crippen molar-refractivity contribution in [3.8, 4) is 0 Å². The zero-order valence-corrected chi connectivity index (χ0v) is 16.6. The Morgan fingerprint density at radius 1 is 0.760 bits per heavy atom. The van der Waals surface area contributed by atoms with Gasteiger partial charge in [-0.15, -0.1) is 0 Å². The highest BCUT2D eigenvalue weighted by atomic mass is 16.4. The van der Waals surface area contributed by atoms with Crippen LogP contribution < -0.4 is 0 Å². The fourth-order valence-electron chi connectivity index (χ4n) is 3.11. The first-order chi connectivity index (χ1) is 12.2. The summed E-state index contributed by atoms with van der Waals surface area (Å²) in [6, 6.07) is 0. The van der Waals surface area contributed by atoms with Gasteiger partial charge in [0.25, 0.3) is 0 Å². The fourth-order valence-corrected chi connectivity index (χ4v) is 3.11. The lowest BCUT2D eigenvalue weighted by molar-refractivity contribution is -0.139. The molecule has 0 fully saturated rings. The lowest BCUT2D eigenvalue weighted by atomic mass is 10.0. The summed E-state index contributed by atoms with van der Waals surface area (Å²) in [6.07, 6.45) is 23.7. The molecular weight excluding hydrogens is 312 g/mol. The first-order valence-electron chi connectivity index (χ1n) is 10.7. The predicted molar refractivity (Wildman–Crippen MR) is 107 cm³/mol. The van der Waals surface area contributed by atoms with Crippen molar-refractivity contribution in [2.75, 3.05) is 0 Å². The maximum Gasteiger partial charge on any atom is 0.305 e. The number of hydrogen-bond acceptors (Lipinski definition) is 2. The molecule has 0 aromatic carbocycles. The van der Waals surface area contributed by atoms with Crippen LogP contribution in [-0.4, -0.2) is 22.3 Å². The van der Waals surface area contributed by atoms with Crippen molar-refractivity contribution in [1.82, 2.24) is 0 Å². The molecule has 0 aromatic rings. The highest BCUT2D eigenvalue weighted by Gasteiger charge is 2.08. The SMILES string of the molecule is CCCCCCCC/C=C\CCCCCCCCCC(O)CC(=O)O. The van der Waals surface area contributed by atoms with Gasteiger partial charge in [-0.1, -0.05) is 89.7 Å². The van der Waals surface area contributed by atoms with Crippen LogP contribution >= 0.6 is 0 Å². The molecular formula is C22H42O3. The van der Waals surface area contributed by atoms with Gasteiger partial charge >= 0.3 is 5.97 Å². The van der Waals surface area contributed by atoms with E-state index in [1.54, 1.807) is 0 Å². The third-order valence-corrected chi connectivity index (χ3v) is 4.71. The Hall–Kier alpha value is -0.830. The van der Waals surface area contributed by atoms with E-state index in [0.29, 0.717) is 6.42 Å². The van der Waals surface area contributed by atoms with E-state index in [-0.39, 0.29) is 6.42 Å². The number of carboxylic acids is 1. The van der Waals surface area contributed by atoms with Gasteiger partial charge in [-0.3, -0.25) is 4.79 Å². The van der Waals surface area contributed by atoms with Crippen LogP contribution in [0.15, 0.2) is 12.2 Å². The van der Waals surface area contributed by atoms with Crippen LogP contribution in [0.3, 0.4) is 0 Å². The lowest BCUT2D eigenvalue weighted by Gasteiger charge is -2.07. The topological polar surface area (TPSA) is 57.5 Å². The van der Waals surface area contributed by atoms with Crippen LogP contribution in [-0.2, 0) is 4.79 Å². The Labute approximate surface area is 155 Å². The largest absolute Gasteiger partial charge is 0.481 e. The van der Waals surface area contributed by atoms with E-state index < -0.39 is 12.1 Å². The molecule has 0 heterocycles. The van der Waals surface area contributed by atoms with Crippen LogP contribution in [0.2, 0.25) is 0 Å². The summed E-state index contributed by atoms with van der Waals surface area (Å²) in [5, 5.41) is 18.0. The molecule has 0 radical (unpaired) electrons. The van der Waals surface area contributed by atoms with E-state index >= 15 is 0 Å². The van der Waals surface area contributed by atoms with E-state index in [1.807, 2.05) is 0 Å². The van der Waals surface area contributed by atoms with Crippen LogP contribution in [0.1, 0.15) is 116 Å². The van der Waals surface area contributed by atoms with Crippen molar-refractivity contribution in [2.45, 2.75) is 122 Å². The van der Waals surface area contributed by atoms with Crippen molar-refractivity contribution in [3.63, 3.8) is 0 Å². The summed E-state index contributed by atoms with van der Waals surface area (Å²) < 4.78 is 0. The molecule has 3 heteroatoms. The zero-order valence-electron chi connectivity index (χ0n) is 16.6. The summed E-state index contributed by atoms with van der Waals surface area (Å²) in [5.41, 5.74) is 0. The van der Waals surface area contributed by atoms with Gasteiger partial charge in [0.05, 0.1) is 12.5 Å². The van der Waals surface area contributed by atoms with E-state index in [1.165, 1.54) is 83.5 Å². The Bertz CT molecular complexity index is 312. The summed E-state index contributed by atoms with van der Waals surface area (Å²) in [5.74, 6) is -0.909. The molecule has 25 heavy (non-hydrogen) atoms. The second-order valence-corrected chi connectivity index (χ2v) is 7.33. The normalized spacial score (nSPS) is 12.7. The molecule has 0 saturated heterocycles. The predicted octanol–water partition coefficient (Wildman–Crippen LogP) is 6.64. The van der Waals surface area contributed by atoms with Crippen LogP contribution in [0.5, 0.6) is 0 Å². The zero-order chi connectivity index (χ0) is 18.6. The van der Waals surface area contributed by atoms with Gasteiger partial charge in [-0.05, 0) is 32.1 Å². The average molecular weight is 355 g/mol. The van der Waals surface area contributed by atoms with Crippen LogP contribution in [0.25, 0.3) is 0 Å². The average Bonchev–Trinajstić information content (AvgIpc) is 2.57. The van der Waals surface area contributed by atoms with Gasteiger partial charge in [0, 0.05) is 0 Å². The molecule has 0 aliphatic carbocycles. The molecule has 0 bridgehead atoms. The molecule has 1 atom stereocenters. The summed E-state index contributed by atoms with van der Waals surface area (Å²) >= 11 is 0. The van der Waals surface area contributed by atoms with E-state index in [2.05, 4.69) is 19.1 Å². The minimum absolute atomic E-state index is 0.119. The number of rotatable bonds is 19. The molecule has 0 spiro atoms. The molecule has 0 aliphatic heterocycles. The molecule has 2 N–H and O–H groups in total. The number of hydrogen-bond donors (Lipinski definition) is 2. The third kappa shape index (κ3) is 21.1. The van der Waals surface area contributed by atoms with Gasteiger partial charge in [0.2, 0.25) is 0 Å². The third-order valence-electron chi connectivity index (χ3n) is 4.71. The van der Waals surface area contributed by atoms with E-state index in [4.69, 9.17) is 5.11 Å². The molecule has 1 unspecified atom stereocenters. The molecule has 0 rings (SSSR count). The molecule has 0 amide bonds. The number of aliphatic hydroxyl groups excluding tert-OH is 1. The number of carbonyl (C=O) groups is 1.